The van der Waals surface area contributed by atoms with Crippen molar-refractivity contribution in [3.63, 3.8) is 0 Å². The highest BCUT2D eigenvalue weighted by atomic mass is 32.1. The lowest BCUT2D eigenvalue weighted by atomic mass is 10.1. The Balaban J connectivity index is 1.31. The second-order valence-electron chi connectivity index (χ2n) is 8.54. The van der Waals surface area contributed by atoms with Crippen molar-refractivity contribution in [2.45, 2.75) is 20.4 Å². The average Bonchev–Trinajstić information content (AvgIpc) is 3.41. The molecule has 0 aliphatic carbocycles. The maximum Gasteiger partial charge on any atom is 0.332 e. The maximum atomic E-state index is 13.0. The smallest absolute Gasteiger partial charge is 0.332 e. The van der Waals surface area contributed by atoms with Gasteiger partial charge in [0.25, 0.3) is 5.56 Å². The van der Waals surface area contributed by atoms with Crippen LogP contribution in [-0.4, -0.2) is 60.7 Å². The van der Waals surface area contributed by atoms with Gasteiger partial charge in [-0.1, -0.05) is 17.4 Å². The molecule has 0 unspecified atom stereocenters. The molecule has 1 amide bonds. The summed E-state index contributed by atoms with van der Waals surface area (Å²) in [5.41, 5.74) is 3.09. The van der Waals surface area contributed by atoms with E-state index in [1.807, 2.05) is 0 Å². The average molecular weight is 468 g/mol. The molecule has 33 heavy (non-hydrogen) atoms. The van der Waals surface area contributed by atoms with E-state index in [1.165, 1.54) is 38.3 Å². The molecule has 5 rings (SSSR count). The van der Waals surface area contributed by atoms with Gasteiger partial charge in [0.15, 0.2) is 16.3 Å². The van der Waals surface area contributed by atoms with Crippen molar-refractivity contribution in [2.24, 2.45) is 14.1 Å². The number of rotatable bonds is 3. The van der Waals surface area contributed by atoms with Crippen LogP contribution in [0.2, 0.25) is 0 Å². The Hall–Kier alpha value is -3.47. The number of benzene rings is 1. The van der Waals surface area contributed by atoms with Crippen molar-refractivity contribution in [3.8, 4) is 0 Å². The largest absolute Gasteiger partial charge is 0.345 e. The number of fused-ring (bicyclic) bond motifs is 2. The first-order valence-corrected chi connectivity index (χ1v) is 11.6. The van der Waals surface area contributed by atoms with E-state index < -0.39 is 11.2 Å². The maximum absolute atomic E-state index is 13.0. The van der Waals surface area contributed by atoms with E-state index in [9.17, 15) is 14.4 Å². The number of hydrogen-bond donors (Lipinski definition) is 0. The molecule has 10 nitrogen and oxygen atoms in total. The molecule has 11 heteroatoms. The van der Waals surface area contributed by atoms with Crippen LogP contribution >= 0.6 is 11.3 Å². The van der Waals surface area contributed by atoms with E-state index in [2.05, 4.69) is 35.9 Å². The van der Waals surface area contributed by atoms with Gasteiger partial charge in [0.05, 0.1) is 16.5 Å². The molecule has 3 aromatic heterocycles. The van der Waals surface area contributed by atoms with Crippen LogP contribution in [0.3, 0.4) is 0 Å². The fourth-order valence-electron chi connectivity index (χ4n) is 4.40. The van der Waals surface area contributed by atoms with Crippen LogP contribution in [-0.2, 0) is 25.4 Å². The molecule has 0 atom stereocenters. The molecule has 0 saturated carbocycles. The van der Waals surface area contributed by atoms with Crippen molar-refractivity contribution in [3.05, 3.63) is 50.4 Å². The minimum Gasteiger partial charge on any atom is -0.345 e. The van der Waals surface area contributed by atoms with E-state index >= 15 is 0 Å². The SMILES string of the molecule is Cc1cc(C)c2nc(N3CCN(C(=O)Cn4cnc5c4c(=O)n(C)c(=O)n5C)CC3)sc2c1. The number of carbonyl (C=O) groups excluding carboxylic acids is 1. The molecule has 1 fully saturated rings. The summed E-state index contributed by atoms with van der Waals surface area (Å²) in [6, 6.07) is 4.31. The summed E-state index contributed by atoms with van der Waals surface area (Å²) in [5.74, 6) is -0.0828. The van der Waals surface area contributed by atoms with E-state index in [4.69, 9.17) is 4.98 Å². The Morgan fingerprint density at radius 2 is 1.79 bits per heavy atom. The Bertz CT molecular complexity index is 1520. The van der Waals surface area contributed by atoms with Crippen LogP contribution in [0.25, 0.3) is 21.4 Å². The third kappa shape index (κ3) is 3.52. The number of thiazole rings is 1. The van der Waals surface area contributed by atoms with Crippen LogP contribution in [0.15, 0.2) is 28.0 Å². The van der Waals surface area contributed by atoms with Crippen molar-refractivity contribution in [1.82, 2.24) is 28.6 Å². The monoisotopic (exact) mass is 467 g/mol. The normalized spacial score (nSPS) is 14.5. The quantitative estimate of drug-likeness (QED) is 0.446. The highest BCUT2D eigenvalue weighted by molar-refractivity contribution is 7.22. The standard InChI is InChI=1S/C22H25N7O3S/c1-13-9-14(2)17-15(10-13)33-21(24-17)28-7-5-27(6-8-28)16(30)11-29-12-23-19-18(29)20(31)26(4)22(32)25(19)3/h9-10,12H,5-8,11H2,1-4H3. The van der Waals surface area contributed by atoms with Crippen molar-refractivity contribution < 1.29 is 4.79 Å². The number of aryl methyl sites for hydroxylation is 3. The highest BCUT2D eigenvalue weighted by Gasteiger charge is 2.25. The van der Waals surface area contributed by atoms with Gasteiger partial charge in [-0.2, -0.15) is 0 Å². The number of aromatic nitrogens is 5. The lowest BCUT2D eigenvalue weighted by Crippen LogP contribution is -2.49. The van der Waals surface area contributed by atoms with E-state index in [0.717, 1.165) is 15.2 Å². The Morgan fingerprint density at radius 1 is 1.06 bits per heavy atom. The zero-order valence-corrected chi connectivity index (χ0v) is 19.8. The number of anilines is 1. The van der Waals surface area contributed by atoms with Crippen LogP contribution in [0.4, 0.5) is 5.13 Å². The second-order valence-corrected chi connectivity index (χ2v) is 9.55. The molecule has 1 aliphatic rings. The van der Waals surface area contributed by atoms with Gasteiger partial charge in [-0.05, 0) is 31.0 Å². The molecule has 1 saturated heterocycles. The molecule has 1 aromatic carbocycles. The van der Waals surface area contributed by atoms with Gasteiger partial charge >= 0.3 is 5.69 Å². The van der Waals surface area contributed by atoms with E-state index in [0.29, 0.717) is 26.2 Å². The van der Waals surface area contributed by atoms with Gasteiger partial charge < -0.3 is 14.4 Å². The van der Waals surface area contributed by atoms with Gasteiger partial charge in [-0.25, -0.2) is 14.8 Å². The third-order valence-corrected chi connectivity index (χ3v) is 7.31. The number of carbonyl (C=O) groups is 1. The zero-order valence-electron chi connectivity index (χ0n) is 19.0. The first-order chi connectivity index (χ1) is 15.7. The third-order valence-electron chi connectivity index (χ3n) is 6.24. The summed E-state index contributed by atoms with van der Waals surface area (Å²) < 4.78 is 5.07. The van der Waals surface area contributed by atoms with Gasteiger partial charge in [-0.15, -0.1) is 0 Å². The van der Waals surface area contributed by atoms with Gasteiger partial charge in [-0.3, -0.25) is 18.7 Å². The van der Waals surface area contributed by atoms with Crippen LogP contribution in [0.5, 0.6) is 0 Å². The fraction of sp³-hybridized carbons (Fsp3) is 0.409. The minimum absolute atomic E-state index is 0.00352. The molecule has 172 valence electrons. The molecule has 4 aromatic rings. The van der Waals surface area contributed by atoms with Crippen LogP contribution < -0.4 is 16.1 Å². The Kier molecular flexibility index (Phi) is 5.08. The fourth-order valence-corrected chi connectivity index (χ4v) is 5.60. The van der Waals surface area contributed by atoms with Gasteiger partial charge in [0.1, 0.15) is 6.54 Å². The number of imidazole rings is 1. The molecular weight excluding hydrogens is 442 g/mol. The number of hydrogen-bond acceptors (Lipinski definition) is 7. The number of amides is 1. The lowest BCUT2D eigenvalue weighted by Gasteiger charge is -2.34. The Labute approximate surface area is 193 Å². The van der Waals surface area contributed by atoms with Crippen LogP contribution in [0.1, 0.15) is 11.1 Å². The number of piperazine rings is 1. The summed E-state index contributed by atoms with van der Waals surface area (Å²) in [7, 11) is 2.99. The molecule has 4 heterocycles. The summed E-state index contributed by atoms with van der Waals surface area (Å²) in [4.78, 5) is 50.8. The van der Waals surface area contributed by atoms with Crippen molar-refractivity contribution >= 4 is 43.8 Å². The van der Waals surface area contributed by atoms with Crippen molar-refractivity contribution in [1.29, 1.82) is 0 Å². The van der Waals surface area contributed by atoms with Gasteiger partial charge in [0.2, 0.25) is 5.91 Å². The van der Waals surface area contributed by atoms with Gasteiger partial charge in [0, 0.05) is 40.3 Å². The molecule has 0 spiro atoms. The summed E-state index contributed by atoms with van der Waals surface area (Å²) in [6.45, 7) is 6.74. The predicted molar refractivity (Wildman–Crippen MR) is 128 cm³/mol. The topological polar surface area (TPSA) is 98.3 Å². The molecule has 0 N–H and O–H groups in total. The predicted octanol–water partition coefficient (Wildman–Crippen LogP) is 1.01. The van der Waals surface area contributed by atoms with Crippen molar-refractivity contribution in [2.75, 3.05) is 31.1 Å². The van der Waals surface area contributed by atoms with E-state index in [-0.39, 0.29) is 23.6 Å². The lowest BCUT2D eigenvalue weighted by molar-refractivity contribution is -0.132. The molecule has 0 radical (unpaired) electrons. The second kappa shape index (κ2) is 7.84. The summed E-state index contributed by atoms with van der Waals surface area (Å²) >= 11 is 1.69. The molecule has 0 bridgehead atoms. The molecular formula is C22H25N7O3S. The summed E-state index contributed by atoms with van der Waals surface area (Å²) in [6.07, 6.45) is 1.45. The first kappa shape index (κ1) is 21.4. The Morgan fingerprint density at radius 3 is 2.52 bits per heavy atom. The number of nitrogens with zero attached hydrogens (tertiary/aromatic N) is 7. The minimum atomic E-state index is -0.454. The summed E-state index contributed by atoms with van der Waals surface area (Å²) in [5, 5.41) is 0.982. The van der Waals surface area contributed by atoms with E-state index in [1.54, 1.807) is 23.3 Å². The van der Waals surface area contributed by atoms with Crippen LogP contribution in [0, 0.1) is 13.8 Å². The first-order valence-electron chi connectivity index (χ1n) is 10.8. The zero-order chi connectivity index (χ0) is 23.4. The molecule has 1 aliphatic heterocycles. The highest BCUT2D eigenvalue weighted by Crippen LogP contribution is 2.32.